The number of para-hydroxylation sites is 1. The Morgan fingerprint density at radius 1 is 1.33 bits per heavy atom. The van der Waals surface area contributed by atoms with E-state index in [0.717, 1.165) is 0 Å². The normalized spacial score (nSPS) is 9.75. The molecule has 0 amide bonds. The fourth-order valence-corrected chi connectivity index (χ4v) is 0.975. The molecule has 0 saturated heterocycles. The summed E-state index contributed by atoms with van der Waals surface area (Å²) in [7, 11) is 0. The van der Waals surface area contributed by atoms with Gasteiger partial charge < -0.3 is 15.6 Å². The zero-order chi connectivity index (χ0) is 8.97. The minimum absolute atomic E-state index is 0.0623. The highest BCUT2D eigenvalue weighted by Gasteiger charge is 2.04. The van der Waals surface area contributed by atoms with Crippen LogP contribution < -0.4 is 0 Å². The Balaban J connectivity index is 2.87. The van der Waals surface area contributed by atoms with Crippen LogP contribution in [0.4, 0.5) is 0 Å². The first-order chi connectivity index (χ1) is 5.75. The van der Waals surface area contributed by atoms with Crippen LogP contribution in [0.1, 0.15) is 12.0 Å². The molecule has 12 heavy (non-hydrogen) atoms. The average Bonchev–Trinajstić information content (AvgIpc) is 2.05. The highest BCUT2D eigenvalue weighted by atomic mass is 16.3. The van der Waals surface area contributed by atoms with Crippen molar-refractivity contribution in [2.45, 2.75) is 6.42 Å². The Bertz CT molecular complexity index is 284. The first-order valence-corrected chi connectivity index (χ1v) is 3.72. The third-order valence-corrected chi connectivity index (χ3v) is 1.59. The van der Waals surface area contributed by atoms with Gasteiger partial charge in [-0.3, -0.25) is 0 Å². The Morgan fingerprint density at radius 3 is 2.58 bits per heavy atom. The van der Waals surface area contributed by atoms with Crippen molar-refractivity contribution in [3.05, 3.63) is 29.8 Å². The molecule has 0 saturated carbocycles. The molecule has 3 heteroatoms. The predicted molar refractivity (Wildman–Crippen MR) is 46.6 cm³/mol. The number of rotatable bonds is 3. The molecule has 64 valence electrons. The highest BCUT2D eigenvalue weighted by molar-refractivity contribution is 6.00. The molecule has 3 nitrogen and oxygen atoms in total. The Labute approximate surface area is 70.8 Å². The molecule has 1 aromatic rings. The van der Waals surface area contributed by atoms with Crippen LogP contribution in [-0.4, -0.2) is 22.5 Å². The molecular formula is C9H11NO2. The summed E-state index contributed by atoms with van der Waals surface area (Å²) in [6.45, 7) is -0.0623. The summed E-state index contributed by atoms with van der Waals surface area (Å²) in [6, 6.07) is 6.64. The van der Waals surface area contributed by atoms with E-state index >= 15 is 0 Å². The van der Waals surface area contributed by atoms with Crippen molar-refractivity contribution >= 4 is 5.71 Å². The second-order valence-corrected chi connectivity index (χ2v) is 2.47. The summed E-state index contributed by atoms with van der Waals surface area (Å²) in [5.41, 5.74) is 0.752. The van der Waals surface area contributed by atoms with Crippen molar-refractivity contribution in [2.24, 2.45) is 0 Å². The lowest BCUT2D eigenvalue weighted by Gasteiger charge is -2.03. The van der Waals surface area contributed by atoms with Gasteiger partial charge in [-0.1, -0.05) is 12.1 Å². The van der Waals surface area contributed by atoms with Gasteiger partial charge >= 0.3 is 0 Å². The predicted octanol–water partition coefficient (Wildman–Crippen LogP) is 1.14. The Morgan fingerprint density at radius 2 is 2.00 bits per heavy atom. The van der Waals surface area contributed by atoms with Crippen LogP contribution in [0.15, 0.2) is 24.3 Å². The van der Waals surface area contributed by atoms with Crippen molar-refractivity contribution in [3.63, 3.8) is 0 Å². The van der Waals surface area contributed by atoms with Gasteiger partial charge in [-0.2, -0.15) is 0 Å². The molecule has 0 bridgehead atoms. The van der Waals surface area contributed by atoms with Crippen LogP contribution in [-0.2, 0) is 0 Å². The number of nitrogens with one attached hydrogen (secondary N) is 1. The van der Waals surface area contributed by atoms with E-state index in [2.05, 4.69) is 0 Å². The standard InChI is InChI=1S/C9H11NO2/c10-8(5-6-11)7-3-1-2-4-9(7)12/h1-4,10-12H,5-6H2. The molecule has 0 aliphatic carbocycles. The van der Waals surface area contributed by atoms with Crippen molar-refractivity contribution in [1.82, 2.24) is 0 Å². The molecule has 0 radical (unpaired) electrons. The Kier molecular flexibility index (Phi) is 2.82. The van der Waals surface area contributed by atoms with Crippen molar-refractivity contribution in [2.75, 3.05) is 6.61 Å². The van der Waals surface area contributed by atoms with Crippen molar-refractivity contribution < 1.29 is 10.2 Å². The summed E-state index contributed by atoms with van der Waals surface area (Å²) >= 11 is 0. The molecule has 1 rings (SSSR count). The van der Waals surface area contributed by atoms with Gasteiger partial charge in [-0.25, -0.2) is 0 Å². The van der Waals surface area contributed by atoms with E-state index in [9.17, 15) is 5.11 Å². The molecule has 0 aliphatic heterocycles. The lowest BCUT2D eigenvalue weighted by molar-refractivity contribution is 0.307. The number of hydrogen-bond donors (Lipinski definition) is 3. The second kappa shape index (κ2) is 3.88. The quantitative estimate of drug-likeness (QED) is 0.588. The van der Waals surface area contributed by atoms with Gasteiger partial charge in [0, 0.05) is 24.3 Å². The zero-order valence-corrected chi connectivity index (χ0v) is 6.62. The average molecular weight is 165 g/mol. The smallest absolute Gasteiger partial charge is 0.124 e. The molecule has 0 aromatic heterocycles. The number of hydrogen-bond acceptors (Lipinski definition) is 3. The molecule has 0 heterocycles. The topological polar surface area (TPSA) is 64.3 Å². The molecule has 0 spiro atoms. The number of aliphatic hydroxyl groups is 1. The summed E-state index contributed by atoms with van der Waals surface area (Å²) in [4.78, 5) is 0. The molecule has 0 fully saturated rings. The maximum absolute atomic E-state index is 9.29. The van der Waals surface area contributed by atoms with Gasteiger partial charge in [-0.15, -0.1) is 0 Å². The van der Waals surface area contributed by atoms with Gasteiger partial charge in [0.25, 0.3) is 0 Å². The van der Waals surface area contributed by atoms with Crippen LogP contribution in [0.3, 0.4) is 0 Å². The van der Waals surface area contributed by atoms with E-state index in [1.807, 2.05) is 0 Å². The third kappa shape index (κ3) is 1.83. The van der Waals surface area contributed by atoms with Gasteiger partial charge in [-0.05, 0) is 12.1 Å². The van der Waals surface area contributed by atoms with Gasteiger partial charge in [0.1, 0.15) is 5.75 Å². The minimum Gasteiger partial charge on any atom is -0.507 e. The van der Waals surface area contributed by atoms with Crippen molar-refractivity contribution in [3.8, 4) is 5.75 Å². The lowest BCUT2D eigenvalue weighted by atomic mass is 10.1. The monoisotopic (exact) mass is 165 g/mol. The zero-order valence-electron chi connectivity index (χ0n) is 6.62. The largest absolute Gasteiger partial charge is 0.507 e. The maximum Gasteiger partial charge on any atom is 0.124 e. The van der Waals surface area contributed by atoms with Crippen LogP contribution in [0.2, 0.25) is 0 Å². The van der Waals surface area contributed by atoms with E-state index in [4.69, 9.17) is 10.5 Å². The number of aromatic hydroxyl groups is 1. The Hall–Kier alpha value is -1.35. The fraction of sp³-hybridized carbons (Fsp3) is 0.222. The summed E-state index contributed by atoms with van der Waals surface area (Å²) in [5, 5.41) is 25.3. The summed E-state index contributed by atoms with van der Waals surface area (Å²) < 4.78 is 0. The first kappa shape index (κ1) is 8.74. The lowest BCUT2D eigenvalue weighted by Crippen LogP contribution is -2.01. The fourth-order valence-electron chi connectivity index (χ4n) is 0.975. The first-order valence-electron chi connectivity index (χ1n) is 3.72. The third-order valence-electron chi connectivity index (χ3n) is 1.59. The maximum atomic E-state index is 9.29. The second-order valence-electron chi connectivity index (χ2n) is 2.47. The van der Waals surface area contributed by atoms with E-state index in [-0.39, 0.29) is 24.5 Å². The number of aliphatic hydroxyl groups excluding tert-OH is 1. The number of phenolic OH excluding ortho intramolecular Hbond substituents is 1. The van der Waals surface area contributed by atoms with Crippen LogP contribution in [0.5, 0.6) is 5.75 Å². The van der Waals surface area contributed by atoms with Gasteiger partial charge in [0.05, 0.1) is 0 Å². The summed E-state index contributed by atoms with van der Waals surface area (Å²) in [5.74, 6) is 0.0935. The van der Waals surface area contributed by atoms with Crippen LogP contribution in [0, 0.1) is 5.41 Å². The van der Waals surface area contributed by atoms with E-state index in [1.54, 1.807) is 18.2 Å². The molecule has 0 atom stereocenters. The number of phenols is 1. The van der Waals surface area contributed by atoms with Crippen molar-refractivity contribution in [1.29, 1.82) is 5.41 Å². The molecule has 3 N–H and O–H groups in total. The van der Waals surface area contributed by atoms with E-state index in [0.29, 0.717) is 5.56 Å². The molecule has 0 aliphatic rings. The van der Waals surface area contributed by atoms with Crippen LogP contribution in [0.25, 0.3) is 0 Å². The summed E-state index contributed by atoms with van der Waals surface area (Å²) in [6.07, 6.45) is 0.275. The van der Waals surface area contributed by atoms with Crippen LogP contribution >= 0.6 is 0 Å². The highest BCUT2D eigenvalue weighted by Crippen LogP contribution is 2.16. The molecule has 0 unspecified atom stereocenters. The number of benzene rings is 1. The minimum atomic E-state index is -0.0623. The molecule has 1 aromatic carbocycles. The van der Waals surface area contributed by atoms with E-state index < -0.39 is 0 Å². The SMILES string of the molecule is N=C(CCO)c1ccccc1O. The molecular weight excluding hydrogens is 154 g/mol. The van der Waals surface area contributed by atoms with Gasteiger partial charge in [0.2, 0.25) is 0 Å². The van der Waals surface area contributed by atoms with E-state index in [1.165, 1.54) is 6.07 Å². The van der Waals surface area contributed by atoms with Gasteiger partial charge in [0.15, 0.2) is 0 Å².